The van der Waals surface area contributed by atoms with Gasteiger partial charge in [0.05, 0.1) is 10.2 Å². The van der Waals surface area contributed by atoms with Crippen LogP contribution in [-0.4, -0.2) is 16.0 Å². The minimum Gasteiger partial charge on any atom is -0.361 e. The van der Waals surface area contributed by atoms with E-state index in [1.165, 1.54) is 11.3 Å². The highest BCUT2D eigenvalue weighted by molar-refractivity contribution is 7.22. The van der Waals surface area contributed by atoms with Crippen LogP contribution in [0.3, 0.4) is 0 Å². The summed E-state index contributed by atoms with van der Waals surface area (Å²) >= 11 is 3.07. The highest BCUT2D eigenvalue weighted by Gasteiger charge is 2.17. The molecule has 1 amide bonds. The number of nitrogens with one attached hydrogen (secondary N) is 1. The molecule has 4 aromatic rings. The quantitative estimate of drug-likeness (QED) is 0.592. The fraction of sp³-hybridized carbons (Fsp3) is 0.0625. The van der Waals surface area contributed by atoms with Crippen LogP contribution in [-0.2, 0) is 0 Å². The van der Waals surface area contributed by atoms with E-state index in [1.54, 1.807) is 24.3 Å². The van der Waals surface area contributed by atoms with Gasteiger partial charge in [0.25, 0.3) is 5.91 Å². The molecular formula is C16H11N3O2S2. The molecule has 0 radical (unpaired) electrons. The Morgan fingerprint density at radius 3 is 2.91 bits per heavy atom. The van der Waals surface area contributed by atoms with Gasteiger partial charge in [-0.3, -0.25) is 4.79 Å². The Morgan fingerprint density at radius 2 is 2.13 bits per heavy atom. The summed E-state index contributed by atoms with van der Waals surface area (Å²) in [6.45, 7) is 1.75. The second kappa shape index (κ2) is 5.60. The number of para-hydroxylation sites is 1. The molecule has 0 atom stereocenters. The summed E-state index contributed by atoms with van der Waals surface area (Å²) in [5.41, 5.74) is 2.15. The molecular weight excluding hydrogens is 330 g/mol. The summed E-state index contributed by atoms with van der Waals surface area (Å²) in [5.74, 6) is 0.319. The first-order valence-electron chi connectivity index (χ1n) is 6.89. The second-order valence-corrected chi connectivity index (χ2v) is 6.87. The van der Waals surface area contributed by atoms with E-state index >= 15 is 0 Å². The number of carbonyl (C=O) groups excluding carboxylic acids is 1. The lowest BCUT2D eigenvalue weighted by molar-refractivity contribution is 0.101. The Hall–Kier alpha value is -2.51. The summed E-state index contributed by atoms with van der Waals surface area (Å²) in [6.07, 6.45) is 0. The molecule has 114 valence electrons. The van der Waals surface area contributed by atoms with E-state index in [-0.39, 0.29) is 11.6 Å². The molecule has 0 spiro atoms. The van der Waals surface area contributed by atoms with Crippen molar-refractivity contribution < 1.29 is 9.32 Å². The third-order valence-corrected chi connectivity index (χ3v) is 5.18. The lowest BCUT2D eigenvalue weighted by Crippen LogP contribution is -2.11. The molecule has 1 N–H and O–H groups in total. The zero-order chi connectivity index (χ0) is 15.8. The maximum atomic E-state index is 12.2. The number of anilines is 1. The topological polar surface area (TPSA) is 68.0 Å². The zero-order valence-electron chi connectivity index (χ0n) is 12.1. The van der Waals surface area contributed by atoms with Gasteiger partial charge in [-0.25, -0.2) is 4.98 Å². The number of nitrogens with zero attached hydrogens (tertiary/aromatic N) is 2. The van der Waals surface area contributed by atoms with Gasteiger partial charge in [-0.05, 0) is 30.5 Å². The van der Waals surface area contributed by atoms with Crippen molar-refractivity contribution in [2.24, 2.45) is 0 Å². The maximum Gasteiger partial charge on any atom is 0.278 e. The second-order valence-electron chi connectivity index (χ2n) is 4.93. The van der Waals surface area contributed by atoms with Crippen LogP contribution >= 0.6 is 22.7 Å². The maximum absolute atomic E-state index is 12.2. The van der Waals surface area contributed by atoms with Gasteiger partial charge in [0.1, 0.15) is 15.8 Å². The van der Waals surface area contributed by atoms with Crippen molar-refractivity contribution in [3.8, 4) is 10.6 Å². The van der Waals surface area contributed by atoms with Crippen molar-refractivity contribution in [2.75, 3.05) is 5.32 Å². The molecule has 0 bridgehead atoms. The van der Waals surface area contributed by atoms with E-state index in [1.807, 2.05) is 35.7 Å². The van der Waals surface area contributed by atoms with E-state index in [0.29, 0.717) is 5.76 Å². The molecule has 1 aromatic carbocycles. The molecule has 0 aliphatic rings. The number of hydrogen-bond acceptors (Lipinski definition) is 6. The number of aryl methyl sites for hydroxylation is 1. The van der Waals surface area contributed by atoms with Gasteiger partial charge in [-0.15, -0.1) is 22.7 Å². The van der Waals surface area contributed by atoms with Crippen molar-refractivity contribution in [1.29, 1.82) is 0 Å². The molecule has 0 aliphatic heterocycles. The minimum absolute atomic E-state index is 0.270. The molecule has 23 heavy (non-hydrogen) atoms. The summed E-state index contributed by atoms with van der Waals surface area (Å²) < 4.78 is 6.07. The molecule has 0 aliphatic carbocycles. The number of thiazole rings is 1. The van der Waals surface area contributed by atoms with Crippen LogP contribution in [0.2, 0.25) is 0 Å². The lowest BCUT2D eigenvalue weighted by Gasteiger charge is -2.02. The molecule has 0 unspecified atom stereocenters. The van der Waals surface area contributed by atoms with E-state index in [2.05, 4.69) is 15.5 Å². The predicted molar refractivity (Wildman–Crippen MR) is 92.1 cm³/mol. The lowest BCUT2D eigenvalue weighted by atomic mass is 10.3. The summed E-state index contributed by atoms with van der Waals surface area (Å²) in [7, 11) is 0. The molecule has 0 fully saturated rings. The normalized spacial score (nSPS) is 11.0. The zero-order valence-corrected chi connectivity index (χ0v) is 13.7. The molecule has 7 heteroatoms. The Bertz CT molecular complexity index is 967. The average molecular weight is 341 g/mol. The van der Waals surface area contributed by atoms with Crippen LogP contribution in [0.4, 0.5) is 5.00 Å². The molecule has 0 saturated carbocycles. The monoisotopic (exact) mass is 341 g/mol. The van der Waals surface area contributed by atoms with Crippen LogP contribution < -0.4 is 5.32 Å². The van der Waals surface area contributed by atoms with Gasteiger partial charge in [-0.1, -0.05) is 17.3 Å². The molecule has 3 heterocycles. The number of benzene rings is 1. The van der Waals surface area contributed by atoms with Gasteiger partial charge >= 0.3 is 0 Å². The molecule has 3 aromatic heterocycles. The van der Waals surface area contributed by atoms with Crippen LogP contribution in [0.25, 0.3) is 20.8 Å². The van der Waals surface area contributed by atoms with Crippen LogP contribution in [0.5, 0.6) is 0 Å². The van der Waals surface area contributed by atoms with Crippen molar-refractivity contribution in [2.45, 2.75) is 6.92 Å². The first-order valence-corrected chi connectivity index (χ1v) is 8.58. The highest BCUT2D eigenvalue weighted by Crippen LogP contribution is 2.37. The molecule has 5 nitrogen and oxygen atoms in total. The van der Waals surface area contributed by atoms with Crippen molar-refractivity contribution in [1.82, 2.24) is 10.1 Å². The van der Waals surface area contributed by atoms with Crippen molar-refractivity contribution in [3.05, 3.63) is 53.2 Å². The van der Waals surface area contributed by atoms with Gasteiger partial charge in [0, 0.05) is 11.6 Å². The first kappa shape index (κ1) is 14.1. The highest BCUT2D eigenvalue weighted by atomic mass is 32.1. The van der Waals surface area contributed by atoms with Gasteiger partial charge < -0.3 is 9.84 Å². The van der Waals surface area contributed by atoms with Crippen LogP contribution in [0, 0.1) is 6.92 Å². The fourth-order valence-electron chi connectivity index (χ4n) is 2.20. The van der Waals surface area contributed by atoms with Crippen LogP contribution in [0.1, 0.15) is 16.2 Å². The summed E-state index contributed by atoms with van der Waals surface area (Å²) in [4.78, 5) is 16.9. The number of fused-ring (bicyclic) bond motifs is 1. The van der Waals surface area contributed by atoms with E-state index < -0.39 is 0 Å². The van der Waals surface area contributed by atoms with Crippen LogP contribution in [0.15, 0.2) is 46.3 Å². The first-order chi connectivity index (χ1) is 11.2. The number of hydrogen-bond donors (Lipinski definition) is 1. The van der Waals surface area contributed by atoms with Crippen molar-refractivity contribution >= 4 is 43.8 Å². The summed E-state index contributed by atoms with van der Waals surface area (Å²) in [5, 5.41) is 10.2. The number of thiophene rings is 1. The van der Waals surface area contributed by atoms with Gasteiger partial charge in [0.2, 0.25) is 0 Å². The Morgan fingerprint density at radius 1 is 1.26 bits per heavy atom. The largest absolute Gasteiger partial charge is 0.361 e. The van der Waals surface area contributed by atoms with Gasteiger partial charge in [-0.2, -0.15) is 0 Å². The number of aromatic nitrogens is 2. The Kier molecular flexibility index (Phi) is 3.44. The Balaban J connectivity index is 1.66. The summed E-state index contributed by atoms with van der Waals surface area (Å²) in [6, 6.07) is 11.6. The number of carbonyl (C=O) groups is 1. The number of rotatable bonds is 3. The average Bonchev–Trinajstić information content (AvgIpc) is 3.25. The molecule has 0 saturated heterocycles. The fourth-order valence-corrected chi connectivity index (χ4v) is 4.05. The smallest absolute Gasteiger partial charge is 0.278 e. The third-order valence-electron chi connectivity index (χ3n) is 3.28. The standard InChI is InChI=1S/C16H11N3O2S2/c1-9-8-12(19-21-9)14(20)18-15-10(6-7-22-15)16-17-11-4-2-3-5-13(11)23-16/h2-8H,1H3,(H,18,20). The Labute approximate surface area is 139 Å². The van der Waals surface area contributed by atoms with E-state index in [9.17, 15) is 4.79 Å². The SMILES string of the molecule is Cc1cc(C(=O)Nc2sccc2-c2nc3ccccc3s2)no1. The predicted octanol–water partition coefficient (Wildman–Crippen LogP) is 4.57. The van der Waals surface area contributed by atoms with E-state index in [4.69, 9.17) is 4.52 Å². The van der Waals surface area contributed by atoms with Gasteiger partial charge in [0.15, 0.2) is 5.69 Å². The van der Waals surface area contributed by atoms with Crippen molar-refractivity contribution in [3.63, 3.8) is 0 Å². The van der Waals surface area contributed by atoms with E-state index in [0.717, 1.165) is 25.8 Å². The minimum atomic E-state index is -0.285. The molecule has 4 rings (SSSR count). The third kappa shape index (κ3) is 2.64. The number of amides is 1.